The van der Waals surface area contributed by atoms with Crippen molar-refractivity contribution in [1.29, 1.82) is 0 Å². The van der Waals surface area contributed by atoms with Crippen molar-refractivity contribution < 1.29 is 13.2 Å². The Morgan fingerprint density at radius 3 is 1.32 bits per heavy atom. The predicted octanol–water partition coefficient (Wildman–Crippen LogP) is 4.91. The lowest BCUT2D eigenvalue weighted by molar-refractivity contribution is 0.496. The van der Waals surface area contributed by atoms with Crippen molar-refractivity contribution in [2.24, 2.45) is 0 Å². The maximum Gasteiger partial charge on any atom is 0.120 e. The zero-order valence-corrected chi connectivity index (χ0v) is 15.8. The average Bonchev–Trinajstić information content (AvgIpc) is 2.70. The van der Waals surface area contributed by atoms with Gasteiger partial charge in [-0.3, -0.25) is 0 Å². The molecule has 0 radical (unpaired) electrons. The smallest absolute Gasteiger partial charge is 0.120 e. The van der Waals surface area contributed by atoms with Crippen LogP contribution in [0.2, 0.25) is 5.82 Å². The van der Waals surface area contributed by atoms with Crippen molar-refractivity contribution in [3.05, 3.63) is 90.2 Å². The quantitative estimate of drug-likeness (QED) is 0.566. The van der Waals surface area contributed by atoms with Gasteiger partial charge < -0.3 is 0 Å². The van der Waals surface area contributed by atoms with E-state index < -0.39 is 6.15 Å². The fourth-order valence-electron chi connectivity index (χ4n) is 5.40. The summed E-state index contributed by atoms with van der Waals surface area (Å²) in [6.45, 7) is 0. The van der Waals surface area contributed by atoms with E-state index in [-0.39, 0.29) is 23.3 Å². The van der Waals surface area contributed by atoms with Crippen LogP contribution in [-0.4, -0.2) is 6.15 Å². The van der Waals surface area contributed by atoms with Gasteiger partial charge in [-0.25, -0.2) is 13.2 Å². The molecule has 0 atom stereocenters. The molecule has 144 valence electrons. The van der Waals surface area contributed by atoms with Crippen LogP contribution in [0.25, 0.3) is 0 Å². The second-order valence-corrected chi connectivity index (χ2v) is 8.00. The molecule has 4 heteroatoms. The third-order valence-corrected chi connectivity index (χ3v) is 6.48. The topological polar surface area (TPSA) is 0 Å². The van der Waals surface area contributed by atoms with Crippen molar-refractivity contribution in [3.63, 3.8) is 0 Å². The van der Waals surface area contributed by atoms with E-state index in [0.717, 1.165) is 48.5 Å². The Morgan fingerprint density at radius 1 is 0.571 bits per heavy atom. The molecule has 0 N–H and O–H groups in total. The predicted molar refractivity (Wildman–Crippen MR) is 111 cm³/mol. The third-order valence-electron chi connectivity index (χ3n) is 6.48. The molecule has 0 nitrogen and oxygen atoms in total. The van der Waals surface area contributed by atoms with Crippen LogP contribution < -0.4 is 16.4 Å². The SMILES string of the molecule is Fc1cccc([B-](c2cccc(F)c2)(c2cccc(F)c2)C2CCCCC2)c1. The lowest BCUT2D eigenvalue weighted by Crippen LogP contribution is -2.70. The molecule has 3 aromatic carbocycles. The largest absolute Gasteiger partial charge is 0.207 e. The molecule has 1 aliphatic carbocycles. The Balaban J connectivity index is 2.06. The van der Waals surface area contributed by atoms with Gasteiger partial charge in [0.25, 0.3) is 0 Å². The van der Waals surface area contributed by atoms with Crippen LogP contribution in [0.3, 0.4) is 0 Å². The summed E-state index contributed by atoms with van der Waals surface area (Å²) >= 11 is 0. The van der Waals surface area contributed by atoms with E-state index in [1.807, 2.05) is 18.2 Å². The average molecular weight is 379 g/mol. The van der Waals surface area contributed by atoms with E-state index in [4.69, 9.17) is 0 Å². The fourth-order valence-corrected chi connectivity index (χ4v) is 5.40. The van der Waals surface area contributed by atoms with Gasteiger partial charge in [0, 0.05) is 0 Å². The molecule has 1 aliphatic rings. The van der Waals surface area contributed by atoms with E-state index in [9.17, 15) is 13.2 Å². The lowest BCUT2D eigenvalue weighted by Gasteiger charge is -2.51. The van der Waals surface area contributed by atoms with Gasteiger partial charge in [0.1, 0.15) is 17.5 Å². The zero-order valence-electron chi connectivity index (χ0n) is 15.8. The minimum Gasteiger partial charge on any atom is -0.207 e. The first-order valence-corrected chi connectivity index (χ1v) is 10.0. The molecular weight excluding hydrogens is 356 g/mol. The molecule has 3 aromatic rings. The van der Waals surface area contributed by atoms with Crippen LogP contribution in [-0.2, 0) is 0 Å². The van der Waals surface area contributed by atoms with E-state index in [1.165, 1.54) is 18.2 Å². The highest BCUT2D eigenvalue weighted by molar-refractivity contribution is 7.12. The first-order valence-electron chi connectivity index (χ1n) is 10.0. The molecule has 0 aliphatic heterocycles. The summed E-state index contributed by atoms with van der Waals surface area (Å²) in [6.07, 6.45) is 3.53. The maximum absolute atomic E-state index is 14.3. The first kappa shape index (κ1) is 18.9. The van der Waals surface area contributed by atoms with Gasteiger partial charge in [-0.05, 0) is 18.2 Å². The zero-order chi connectivity index (χ0) is 19.6. The molecule has 0 heterocycles. The number of hydrogen-bond acceptors (Lipinski definition) is 0. The van der Waals surface area contributed by atoms with Crippen LogP contribution in [0.5, 0.6) is 0 Å². The standard InChI is InChI=1S/C24H23BF3/c26-22-12-4-9-19(15-22)25(18-7-2-1-3-8-18,20-10-5-13-23(27)16-20)21-11-6-14-24(28)17-21/h4-6,9-18H,1-3,7-8H2/q-1. The number of rotatable bonds is 4. The van der Waals surface area contributed by atoms with Crippen molar-refractivity contribution >= 4 is 22.5 Å². The summed E-state index contributed by atoms with van der Waals surface area (Å²) in [5.74, 6) is -0.786. The molecule has 0 saturated heterocycles. The summed E-state index contributed by atoms with van der Waals surface area (Å²) in [6, 6.07) is 19.7. The Hall–Kier alpha value is -2.49. The summed E-state index contributed by atoms with van der Waals surface area (Å²) < 4.78 is 42.9. The highest BCUT2D eigenvalue weighted by Gasteiger charge is 2.38. The second-order valence-electron chi connectivity index (χ2n) is 8.00. The molecule has 0 bridgehead atoms. The van der Waals surface area contributed by atoms with Crippen molar-refractivity contribution in [3.8, 4) is 0 Å². The van der Waals surface area contributed by atoms with Gasteiger partial charge in [0.2, 0.25) is 0 Å². The molecular formula is C24H23BF3-. The monoisotopic (exact) mass is 379 g/mol. The third kappa shape index (κ3) is 3.37. The maximum atomic E-state index is 14.3. The van der Waals surface area contributed by atoms with E-state index >= 15 is 0 Å². The van der Waals surface area contributed by atoms with Crippen LogP contribution >= 0.6 is 0 Å². The highest BCUT2D eigenvalue weighted by atomic mass is 19.1. The van der Waals surface area contributed by atoms with Crippen LogP contribution in [0.1, 0.15) is 32.1 Å². The molecule has 0 spiro atoms. The van der Waals surface area contributed by atoms with Gasteiger partial charge >= 0.3 is 0 Å². The number of halogens is 3. The van der Waals surface area contributed by atoms with E-state index in [2.05, 4.69) is 0 Å². The molecule has 4 rings (SSSR count). The molecule has 1 saturated carbocycles. The molecule has 28 heavy (non-hydrogen) atoms. The van der Waals surface area contributed by atoms with Gasteiger partial charge in [-0.2, -0.15) is 22.2 Å². The normalized spacial score (nSPS) is 15.5. The number of hydrogen-bond donors (Lipinski definition) is 0. The van der Waals surface area contributed by atoms with Gasteiger partial charge in [-0.1, -0.05) is 86.7 Å². The first-order chi connectivity index (χ1) is 13.6. The second kappa shape index (κ2) is 7.87. The Morgan fingerprint density at radius 2 is 0.964 bits per heavy atom. The Kier molecular flexibility index (Phi) is 5.30. The van der Waals surface area contributed by atoms with Crippen molar-refractivity contribution in [2.75, 3.05) is 0 Å². The van der Waals surface area contributed by atoms with E-state index in [1.54, 1.807) is 36.4 Å². The number of benzene rings is 3. The van der Waals surface area contributed by atoms with Gasteiger partial charge in [-0.15, -0.1) is 0 Å². The van der Waals surface area contributed by atoms with Crippen molar-refractivity contribution in [1.82, 2.24) is 0 Å². The Labute approximate surface area is 164 Å². The molecule has 0 aromatic heterocycles. The lowest BCUT2D eigenvalue weighted by atomic mass is 9.10. The van der Waals surface area contributed by atoms with Gasteiger partial charge in [0.15, 0.2) is 0 Å². The summed E-state index contributed by atoms with van der Waals surface area (Å²) in [4.78, 5) is 0. The van der Waals surface area contributed by atoms with Crippen LogP contribution in [0, 0.1) is 17.5 Å². The molecule has 0 unspecified atom stereocenters. The molecule has 0 amide bonds. The Bertz CT molecular complexity index is 852. The molecule has 1 fully saturated rings. The summed E-state index contributed by atoms with van der Waals surface area (Å²) in [5, 5.41) is 0. The van der Waals surface area contributed by atoms with Crippen molar-refractivity contribution in [2.45, 2.75) is 37.9 Å². The van der Waals surface area contributed by atoms with E-state index in [0.29, 0.717) is 0 Å². The fraction of sp³-hybridized carbons (Fsp3) is 0.250. The minimum absolute atomic E-state index is 0.194. The van der Waals surface area contributed by atoms with Crippen LogP contribution in [0.15, 0.2) is 72.8 Å². The highest BCUT2D eigenvalue weighted by Crippen LogP contribution is 2.37. The minimum atomic E-state index is -1.72. The van der Waals surface area contributed by atoms with Gasteiger partial charge in [0.05, 0.1) is 6.15 Å². The summed E-state index contributed by atoms with van der Waals surface area (Å²) in [5.41, 5.74) is 2.43. The van der Waals surface area contributed by atoms with Crippen LogP contribution in [0.4, 0.5) is 13.2 Å². The summed E-state index contributed by atoms with van der Waals surface area (Å²) in [7, 11) is 0.